The number of hydrogen-bond acceptors (Lipinski definition) is 3. The normalized spacial score (nSPS) is 16.0. The highest BCUT2D eigenvalue weighted by Crippen LogP contribution is 2.37. The average Bonchev–Trinajstić information content (AvgIpc) is 3.31. The standard InChI is InChI=1S/C26H26F4N4O/c1-17-11-12-31-23(32-17)25(16-18-7-3-2-4-8-18,34-24(35)33-22-9-5-6-10-22)19-13-20(26(28,29)30)15-21(27)14-19/h2-4,7-8,11-15,22H,5-6,9-10,16H2,1H3,(H2,33,34,35). The monoisotopic (exact) mass is 486 g/mol. The SMILES string of the molecule is Cc1ccnc(C(Cc2ccccc2)(NC(=O)NC2CCCC2)c2cc(F)cc(C(F)(F)F)c2)n1. The molecule has 1 atom stereocenters. The molecule has 9 heteroatoms. The number of aryl methyl sites for hydroxylation is 1. The fourth-order valence-electron chi connectivity index (χ4n) is 4.52. The van der Waals surface area contributed by atoms with E-state index in [4.69, 9.17) is 0 Å². The molecule has 3 aromatic rings. The summed E-state index contributed by atoms with van der Waals surface area (Å²) >= 11 is 0. The molecule has 1 saturated carbocycles. The molecule has 1 aliphatic rings. The minimum atomic E-state index is -4.78. The van der Waals surface area contributed by atoms with E-state index in [9.17, 15) is 22.4 Å². The van der Waals surface area contributed by atoms with Crippen LogP contribution >= 0.6 is 0 Å². The van der Waals surface area contributed by atoms with Crippen LogP contribution < -0.4 is 10.6 Å². The predicted molar refractivity (Wildman–Crippen MR) is 123 cm³/mol. The van der Waals surface area contributed by atoms with Crippen LogP contribution in [0.3, 0.4) is 0 Å². The number of carbonyl (C=O) groups excluding carboxylic acids is 1. The van der Waals surface area contributed by atoms with Crippen LogP contribution in [0.25, 0.3) is 0 Å². The maximum absolute atomic E-state index is 14.6. The zero-order valence-corrected chi connectivity index (χ0v) is 19.2. The van der Waals surface area contributed by atoms with Crippen LogP contribution in [-0.2, 0) is 18.1 Å². The van der Waals surface area contributed by atoms with Crippen molar-refractivity contribution in [2.75, 3.05) is 0 Å². The number of amides is 2. The second-order valence-corrected chi connectivity index (χ2v) is 8.90. The van der Waals surface area contributed by atoms with Crippen molar-refractivity contribution in [3.05, 3.63) is 94.8 Å². The molecule has 1 aliphatic carbocycles. The van der Waals surface area contributed by atoms with E-state index in [1.807, 2.05) is 0 Å². The third-order valence-electron chi connectivity index (χ3n) is 6.22. The highest BCUT2D eigenvalue weighted by molar-refractivity contribution is 5.76. The number of aromatic nitrogens is 2. The van der Waals surface area contributed by atoms with Gasteiger partial charge in [-0.2, -0.15) is 13.2 Å². The van der Waals surface area contributed by atoms with Crippen molar-refractivity contribution in [2.45, 2.75) is 56.8 Å². The van der Waals surface area contributed by atoms with Gasteiger partial charge < -0.3 is 10.6 Å². The smallest absolute Gasteiger partial charge is 0.335 e. The molecule has 2 aromatic carbocycles. The average molecular weight is 487 g/mol. The molecule has 1 aromatic heterocycles. The van der Waals surface area contributed by atoms with Crippen molar-refractivity contribution in [1.82, 2.24) is 20.6 Å². The summed E-state index contributed by atoms with van der Waals surface area (Å²) in [4.78, 5) is 22.0. The van der Waals surface area contributed by atoms with Gasteiger partial charge in [0.25, 0.3) is 0 Å². The second kappa shape index (κ2) is 10.0. The first kappa shape index (κ1) is 24.6. The molecule has 0 spiro atoms. The summed E-state index contributed by atoms with van der Waals surface area (Å²) in [5.74, 6) is -1.00. The lowest BCUT2D eigenvalue weighted by Crippen LogP contribution is -2.54. The molecule has 2 N–H and O–H groups in total. The first-order valence-corrected chi connectivity index (χ1v) is 11.5. The summed E-state index contributed by atoms with van der Waals surface area (Å²) in [5, 5.41) is 5.77. The fraction of sp³-hybridized carbons (Fsp3) is 0.346. The summed E-state index contributed by atoms with van der Waals surface area (Å²) in [6.45, 7) is 1.71. The number of hydrogen-bond donors (Lipinski definition) is 2. The van der Waals surface area contributed by atoms with Gasteiger partial charge in [-0.25, -0.2) is 19.2 Å². The van der Waals surface area contributed by atoms with Crippen LogP contribution in [0.1, 0.15) is 53.9 Å². The number of nitrogens with zero attached hydrogens (tertiary/aromatic N) is 2. The number of halogens is 4. The lowest BCUT2D eigenvalue weighted by atomic mass is 9.81. The zero-order valence-electron chi connectivity index (χ0n) is 19.2. The lowest BCUT2D eigenvalue weighted by Gasteiger charge is -2.35. The van der Waals surface area contributed by atoms with Crippen LogP contribution in [-0.4, -0.2) is 22.0 Å². The molecule has 0 aliphatic heterocycles. The minimum absolute atomic E-state index is 0.0101. The molecule has 1 fully saturated rings. The van der Waals surface area contributed by atoms with E-state index in [-0.39, 0.29) is 23.9 Å². The molecule has 4 rings (SSSR count). The zero-order chi connectivity index (χ0) is 25.1. The number of rotatable bonds is 6. The Morgan fingerprint density at radius 1 is 1.03 bits per heavy atom. The van der Waals surface area contributed by atoms with Gasteiger partial charge in [-0.05, 0) is 55.2 Å². The quantitative estimate of drug-likeness (QED) is 0.441. The lowest BCUT2D eigenvalue weighted by molar-refractivity contribution is -0.137. The molecule has 35 heavy (non-hydrogen) atoms. The van der Waals surface area contributed by atoms with Gasteiger partial charge >= 0.3 is 12.2 Å². The fourth-order valence-corrected chi connectivity index (χ4v) is 4.52. The van der Waals surface area contributed by atoms with Crippen molar-refractivity contribution in [3.8, 4) is 0 Å². The van der Waals surface area contributed by atoms with E-state index in [2.05, 4.69) is 20.6 Å². The molecular weight excluding hydrogens is 460 g/mol. The van der Waals surface area contributed by atoms with E-state index in [1.54, 1.807) is 43.3 Å². The van der Waals surface area contributed by atoms with Gasteiger partial charge in [0.1, 0.15) is 11.4 Å². The van der Waals surface area contributed by atoms with Gasteiger partial charge in [-0.3, -0.25) is 0 Å². The summed E-state index contributed by atoms with van der Waals surface area (Å²) in [7, 11) is 0. The Kier molecular flexibility index (Phi) is 7.05. The van der Waals surface area contributed by atoms with Crippen LogP contribution in [0.15, 0.2) is 60.8 Å². The van der Waals surface area contributed by atoms with E-state index in [0.29, 0.717) is 17.3 Å². The Balaban J connectivity index is 1.90. The maximum atomic E-state index is 14.6. The summed E-state index contributed by atoms with van der Waals surface area (Å²) in [6.07, 6.45) is 0.305. The van der Waals surface area contributed by atoms with E-state index < -0.39 is 29.1 Å². The first-order valence-electron chi connectivity index (χ1n) is 11.5. The van der Waals surface area contributed by atoms with Gasteiger partial charge in [0.2, 0.25) is 0 Å². The van der Waals surface area contributed by atoms with E-state index in [1.165, 1.54) is 6.20 Å². The highest BCUT2D eigenvalue weighted by Gasteiger charge is 2.42. The molecule has 5 nitrogen and oxygen atoms in total. The Hall–Kier alpha value is -3.49. The Labute approximate surface area is 201 Å². The van der Waals surface area contributed by atoms with Crippen LogP contribution in [0.5, 0.6) is 0 Å². The predicted octanol–water partition coefficient (Wildman–Crippen LogP) is 5.67. The Morgan fingerprint density at radius 2 is 1.71 bits per heavy atom. The largest absolute Gasteiger partial charge is 0.416 e. The number of alkyl halides is 3. The van der Waals surface area contributed by atoms with Gasteiger partial charge in [-0.15, -0.1) is 0 Å². The van der Waals surface area contributed by atoms with E-state index in [0.717, 1.165) is 37.8 Å². The molecule has 1 unspecified atom stereocenters. The van der Waals surface area contributed by atoms with Crippen LogP contribution in [0.2, 0.25) is 0 Å². The number of nitrogens with one attached hydrogen (secondary N) is 2. The number of urea groups is 1. The first-order chi connectivity index (χ1) is 16.7. The summed E-state index contributed by atoms with van der Waals surface area (Å²) in [6, 6.07) is 12.2. The molecule has 0 radical (unpaired) electrons. The Bertz CT molecular complexity index is 1180. The van der Waals surface area contributed by atoms with Crippen molar-refractivity contribution in [3.63, 3.8) is 0 Å². The van der Waals surface area contributed by atoms with Gasteiger partial charge in [0, 0.05) is 24.4 Å². The van der Waals surface area contributed by atoms with Crippen molar-refractivity contribution >= 4 is 6.03 Å². The highest BCUT2D eigenvalue weighted by atomic mass is 19.4. The van der Waals surface area contributed by atoms with Crippen molar-refractivity contribution in [1.29, 1.82) is 0 Å². The second-order valence-electron chi connectivity index (χ2n) is 8.90. The minimum Gasteiger partial charge on any atom is -0.335 e. The number of carbonyl (C=O) groups is 1. The van der Waals surface area contributed by atoms with E-state index >= 15 is 0 Å². The van der Waals surface area contributed by atoms with Gasteiger partial charge in [-0.1, -0.05) is 43.2 Å². The molecule has 1 heterocycles. The van der Waals surface area contributed by atoms with Crippen LogP contribution in [0, 0.1) is 12.7 Å². The molecular formula is C26H26F4N4O. The summed E-state index contributed by atoms with van der Waals surface area (Å²) in [5.41, 5.74) is -1.66. The maximum Gasteiger partial charge on any atom is 0.416 e. The molecule has 0 saturated heterocycles. The van der Waals surface area contributed by atoms with Crippen molar-refractivity contribution < 1.29 is 22.4 Å². The number of benzene rings is 2. The third-order valence-corrected chi connectivity index (χ3v) is 6.22. The third kappa shape index (κ3) is 5.78. The van der Waals surface area contributed by atoms with Gasteiger partial charge in [0.05, 0.1) is 5.56 Å². The van der Waals surface area contributed by atoms with Crippen LogP contribution in [0.4, 0.5) is 22.4 Å². The molecule has 0 bridgehead atoms. The Morgan fingerprint density at radius 3 is 2.37 bits per heavy atom. The molecule has 184 valence electrons. The molecule has 2 amide bonds. The van der Waals surface area contributed by atoms with Gasteiger partial charge in [0.15, 0.2) is 5.82 Å². The topological polar surface area (TPSA) is 66.9 Å². The summed E-state index contributed by atoms with van der Waals surface area (Å²) < 4.78 is 55.6. The van der Waals surface area contributed by atoms with Crippen molar-refractivity contribution in [2.24, 2.45) is 0 Å².